The lowest BCUT2D eigenvalue weighted by atomic mass is 10.1. The van der Waals surface area contributed by atoms with Crippen LogP contribution >= 0.6 is 0 Å². The molecule has 2 fully saturated rings. The van der Waals surface area contributed by atoms with Gasteiger partial charge in [0.25, 0.3) is 0 Å². The maximum atomic E-state index is 5.98. The Kier molecular flexibility index (Phi) is 6.12. The molecule has 1 saturated carbocycles. The number of ether oxygens (including phenoxy) is 1. The molecule has 126 valence electrons. The standard InChI is InChI=1S/C20H30N2O/c1-17(21-19-11-7-2-3-8-12-19)20-16-22(13-14-23-20)15-18-9-5-4-6-10-18/h4-6,9-10,19-21H,1-3,7-8,11-16H2. The fourth-order valence-corrected chi connectivity index (χ4v) is 3.68. The minimum atomic E-state index is 0.121. The van der Waals surface area contributed by atoms with Crippen molar-refractivity contribution in [2.45, 2.75) is 57.2 Å². The first-order valence-electron chi connectivity index (χ1n) is 9.14. The van der Waals surface area contributed by atoms with E-state index in [0.29, 0.717) is 6.04 Å². The van der Waals surface area contributed by atoms with Crippen molar-refractivity contribution in [3.63, 3.8) is 0 Å². The molecule has 0 spiro atoms. The van der Waals surface area contributed by atoms with Crippen LogP contribution in [0.2, 0.25) is 0 Å². The fourth-order valence-electron chi connectivity index (χ4n) is 3.68. The average Bonchev–Trinajstić information content (AvgIpc) is 2.85. The minimum absolute atomic E-state index is 0.121. The van der Waals surface area contributed by atoms with Crippen molar-refractivity contribution in [2.24, 2.45) is 0 Å². The Hall–Kier alpha value is -1.32. The summed E-state index contributed by atoms with van der Waals surface area (Å²) in [6, 6.07) is 11.3. The molecular weight excluding hydrogens is 284 g/mol. The first-order chi connectivity index (χ1) is 11.3. The molecule has 1 unspecified atom stereocenters. The van der Waals surface area contributed by atoms with Crippen molar-refractivity contribution in [3.8, 4) is 0 Å². The summed E-state index contributed by atoms with van der Waals surface area (Å²) in [6.07, 6.45) is 8.13. The number of hydrogen-bond acceptors (Lipinski definition) is 3. The van der Waals surface area contributed by atoms with Crippen LogP contribution in [0.3, 0.4) is 0 Å². The summed E-state index contributed by atoms with van der Waals surface area (Å²) >= 11 is 0. The second-order valence-electron chi connectivity index (χ2n) is 6.94. The van der Waals surface area contributed by atoms with Gasteiger partial charge < -0.3 is 10.1 Å². The molecule has 2 aliphatic rings. The molecule has 23 heavy (non-hydrogen) atoms. The van der Waals surface area contributed by atoms with E-state index < -0.39 is 0 Å². The van der Waals surface area contributed by atoms with Crippen molar-refractivity contribution >= 4 is 0 Å². The van der Waals surface area contributed by atoms with Crippen molar-refractivity contribution in [1.82, 2.24) is 10.2 Å². The van der Waals surface area contributed by atoms with Gasteiger partial charge in [-0.3, -0.25) is 4.90 Å². The van der Waals surface area contributed by atoms with Crippen LogP contribution in [-0.4, -0.2) is 36.7 Å². The van der Waals surface area contributed by atoms with Crippen LogP contribution in [0.15, 0.2) is 42.6 Å². The maximum absolute atomic E-state index is 5.98. The number of morpholine rings is 1. The molecule has 3 rings (SSSR count). The third-order valence-corrected chi connectivity index (χ3v) is 5.03. The summed E-state index contributed by atoms with van der Waals surface area (Å²) in [4.78, 5) is 2.48. The van der Waals surface area contributed by atoms with Crippen LogP contribution in [0, 0.1) is 0 Å². The molecule has 1 aliphatic heterocycles. The first kappa shape index (κ1) is 16.5. The molecule has 0 bridgehead atoms. The van der Waals surface area contributed by atoms with Crippen molar-refractivity contribution in [2.75, 3.05) is 19.7 Å². The molecule has 1 atom stereocenters. The highest BCUT2D eigenvalue weighted by atomic mass is 16.5. The Morgan fingerprint density at radius 1 is 1.13 bits per heavy atom. The summed E-state index contributed by atoms with van der Waals surface area (Å²) in [5.74, 6) is 0. The van der Waals surface area contributed by atoms with Gasteiger partial charge in [-0.25, -0.2) is 0 Å². The number of nitrogens with one attached hydrogen (secondary N) is 1. The molecule has 1 N–H and O–H groups in total. The van der Waals surface area contributed by atoms with Gasteiger partial charge in [-0.1, -0.05) is 62.6 Å². The molecule has 1 heterocycles. The van der Waals surface area contributed by atoms with Crippen LogP contribution in [0.5, 0.6) is 0 Å². The predicted molar refractivity (Wildman–Crippen MR) is 95.2 cm³/mol. The summed E-state index contributed by atoms with van der Waals surface area (Å²) in [5.41, 5.74) is 2.45. The maximum Gasteiger partial charge on any atom is 0.109 e. The molecular formula is C20H30N2O. The summed E-state index contributed by atoms with van der Waals surface area (Å²) in [6.45, 7) is 8.01. The molecule has 3 heteroatoms. The Morgan fingerprint density at radius 3 is 2.61 bits per heavy atom. The Balaban J connectivity index is 1.50. The zero-order chi connectivity index (χ0) is 15.9. The summed E-state index contributed by atoms with van der Waals surface area (Å²) < 4.78 is 5.98. The Bertz CT molecular complexity index is 480. The molecule has 3 nitrogen and oxygen atoms in total. The van der Waals surface area contributed by atoms with Gasteiger partial charge >= 0.3 is 0 Å². The Morgan fingerprint density at radius 2 is 1.87 bits per heavy atom. The van der Waals surface area contributed by atoms with Gasteiger partial charge in [-0.2, -0.15) is 0 Å². The lowest BCUT2D eigenvalue weighted by Crippen LogP contribution is -2.46. The van der Waals surface area contributed by atoms with Gasteiger partial charge in [0, 0.05) is 31.4 Å². The topological polar surface area (TPSA) is 24.5 Å². The van der Waals surface area contributed by atoms with Gasteiger partial charge in [0.2, 0.25) is 0 Å². The SMILES string of the molecule is C=C(NC1CCCCCC1)C1CN(Cc2ccccc2)CCO1. The average molecular weight is 314 g/mol. The minimum Gasteiger partial charge on any atom is -0.384 e. The number of rotatable bonds is 5. The lowest BCUT2D eigenvalue weighted by Gasteiger charge is -2.35. The van der Waals surface area contributed by atoms with E-state index in [1.54, 1.807) is 0 Å². The van der Waals surface area contributed by atoms with Crippen molar-refractivity contribution in [1.29, 1.82) is 0 Å². The van der Waals surface area contributed by atoms with Crippen LogP contribution < -0.4 is 5.32 Å². The summed E-state index contributed by atoms with van der Waals surface area (Å²) in [5, 5.41) is 3.67. The molecule has 1 aliphatic carbocycles. The van der Waals surface area contributed by atoms with E-state index in [2.05, 4.69) is 47.1 Å². The third-order valence-electron chi connectivity index (χ3n) is 5.03. The number of nitrogens with zero attached hydrogens (tertiary/aromatic N) is 1. The fraction of sp³-hybridized carbons (Fsp3) is 0.600. The highest BCUT2D eigenvalue weighted by Gasteiger charge is 2.24. The van der Waals surface area contributed by atoms with Gasteiger partial charge in [0.15, 0.2) is 0 Å². The normalized spacial score (nSPS) is 24.1. The molecule has 1 saturated heterocycles. The quantitative estimate of drug-likeness (QED) is 0.839. The highest BCUT2D eigenvalue weighted by molar-refractivity contribution is 5.15. The third kappa shape index (κ3) is 5.08. The van der Waals surface area contributed by atoms with E-state index in [9.17, 15) is 0 Å². The van der Waals surface area contributed by atoms with Crippen LogP contribution in [0.4, 0.5) is 0 Å². The molecule has 1 aromatic carbocycles. The van der Waals surface area contributed by atoms with Crippen molar-refractivity contribution in [3.05, 3.63) is 48.2 Å². The molecule has 0 amide bonds. The van der Waals surface area contributed by atoms with E-state index in [1.165, 1.54) is 44.1 Å². The molecule has 0 radical (unpaired) electrons. The smallest absolute Gasteiger partial charge is 0.109 e. The van der Waals surface area contributed by atoms with E-state index in [0.717, 1.165) is 31.9 Å². The summed E-state index contributed by atoms with van der Waals surface area (Å²) in [7, 11) is 0. The predicted octanol–water partition coefficient (Wildman–Crippen LogP) is 3.71. The highest BCUT2D eigenvalue weighted by Crippen LogP contribution is 2.20. The zero-order valence-corrected chi connectivity index (χ0v) is 14.2. The van der Waals surface area contributed by atoms with E-state index in [-0.39, 0.29) is 6.10 Å². The largest absolute Gasteiger partial charge is 0.384 e. The number of benzene rings is 1. The van der Waals surface area contributed by atoms with E-state index in [4.69, 9.17) is 4.74 Å². The monoisotopic (exact) mass is 314 g/mol. The number of hydrogen-bond donors (Lipinski definition) is 1. The van der Waals surface area contributed by atoms with Crippen LogP contribution in [0.25, 0.3) is 0 Å². The Labute approximate surface area is 140 Å². The molecule has 1 aromatic rings. The second kappa shape index (κ2) is 8.51. The van der Waals surface area contributed by atoms with E-state index in [1.807, 2.05) is 0 Å². The van der Waals surface area contributed by atoms with Gasteiger partial charge in [0.1, 0.15) is 6.10 Å². The van der Waals surface area contributed by atoms with Crippen molar-refractivity contribution < 1.29 is 4.74 Å². The zero-order valence-electron chi connectivity index (χ0n) is 14.2. The molecule has 0 aromatic heterocycles. The van der Waals surface area contributed by atoms with E-state index >= 15 is 0 Å². The van der Waals surface area contributed by atoms with Crippen LogP contribution in [0.1, 0.15) is 44.1 Å². The van der Waals surface area contributed by atoms with Gasteiger partial charge in [-0.15, -0.1) is 0 Å². The first-order valence-corrected chi connectivity index (χ1v) is 9.14. The van der Waals surface area contributed by atoms with Crippen LogP contribution in [-0.2, 0) is 11.3 Å². The lowest BCUT2D eigenvalue weighted by molar-refractivity contribution is -0.0158. The van der Waals surface area contributed by atoms with Gasteiger partial charge in [-0.05, 0) is 18.4 Å². The second-order valence-corrected chi connectivity index (χ2v) is 6.94. The van der Waals surface area contributed by atoms with Gasteiger partial charge in [0.05, 0.1) is 6.61 Å².